The van der Waals surface area contributed by atoms with Crippen LogP contribution in [0.3, 0.4) is 0 Å². The van der Waals surface area contributed by atoms with Crippen LogP contribution in [0.25, 0.3) is 12.2 Å². The lowest BCUT2D eigenvalue weighted by Gasteiger charge is -2.30. The fourth-order valence-corrected chi connectivity index (χ4v) is 2.54. The van der Waals surface area contributed by atoms with Gasteiger partial charge in [-0.3, -0.25) is 4.90 Å². The second kappa shape index (κ2) is 7.24. The smallest absolute Gasteiger partial charge is 0.405 e. The van der Waals surface area contributed by atoms with Crippen molar-refractivity contribution in [3.63, 3.8) is 0 Å². The minimum Gasteiger partial charge on any atom is -0.405 e. The zero-order chi connectivity index (χ0) is 17.9. The number of hydrogen-bond donors (Lipinski definition) is 1. The summed E-state index contributed by atoms with van der Waals surface area (Å²) in [5.74, 6) is 0.465. The first-order valence-corrected chi connectivity index (χ1v) is 7.70. The third-order valence-electron chi connectivity index (χ3n) is 3.82. The van der Waals surface area contributed by atoms with Gasteiger partial charge in [-0.25, -0.2) is 0 Å². The van der Waals surface area contributed by atoms with Crippen LogP contribution in [0.2, 0.25) is 0 Å². The molecule has 1 aromatic heterocycles. The molecule has 1 unspecified atom stereocenters. The van der Waals surface area contributed by atoms with Crippen molar-refractivity contribution in [3.8, 4) is 5.75 Å². The van der Waals surface area contributed by atoms with Crippen LogP contribution >= 0.6 is 0 Å². The quantitative estimate of drug-likeness (QED) is 0.911. The molecule has 9 heteroatoms. The Labute approximate surface area is 142 Å². The summed E-state index contributed by atoms with van der Waals surface area (Å²) in [6, 6.07) is 5.84. The van der Waals surface area contributed by atoms with E-state index in [0.717, 1.165) is 13.1 Å². The van der Waals surface area contributed by atoms with Crippen LogP contribution in [0.15, 0.2) is 28.8 Å². The van der Waals surface area contributed by atoms with Crippen molar-refractivity contribution in [1.29, 1.82) is 0 Å². The van der Waals surface area contributed by atoms with E-state index in [1.807, 2.05) is 7.05 Å². The molecule has 0 spiro atoms. The summed E-state index contributed by atoms with van der Waals surface area (Å²) in [4.78, 5) is 6.41. The van der Waals surface area contributed by atoms with E-state index in [9.17, 15) is 13.2 Å². The van der Waals surface area contributed by atoms with Crippen LogP contribution in [0.4, 0.5) is 13.2 Å². The Kier molecular flexibility index (Phi) is 5.05. The molecular formula is C16H17F3N4O2. The molecular weight excluding hydrogens is 337 g/mol. The number of likely N-dealkylation sites (N-methyl/N-ethyl adjacent to an activating group) is 1. The highest BCUT2D eigenvalue weighted by Crippen LogP contribution is 2.27. The van der Waals surface area contributed by atoms with Gasteiger partial charge in [-0.15, -0.1) is 13.2 Å². The van der Waals surface area contributed by atoms with Gasteiger partial charge in [0.2, 0.25) is 0 Å². The Morgan fingerprint density at radius 2 is 2.12 bits per heavy atom. The van der Waals surface area contributed by atoms with E-state index in [-0.39, 0.29) is 23.2 Å². The SMILES string of the molecule is CN1CCNCC1c1noc(/C=C/c2ccccc2OC(F)(F)F)n1. The Bertz CT molecular complexity index is 745. The van der Waals surface area contributed by atoms with Gasteiger partial charge in [-0.2, -0.15) is 4.98 Å². The molecule has 1 fully saturated rings. The number of para-hydroxylation sites is 1. The first-order valence-electron chi connectivity index (χ1n) is 7.70. The molecule has 1 aliphatic heterocycles. The van der Waals surface area contributed by atoms with Gasteiger partial charge in [0, 0.05) is 31.3 Å². The second-order valence-corrected chi connectivity index (χ2v) is 5.61. The van der Waals surface area contributed by atoms with Crippen molar-refractivity contribution in [2.75, 3.05) is 26.7 Å². The fraction of sp³-hybridized carbons (Fsp3) is 0.375. The maximum absolute atomic E-state index is 12.4. The van der Waals surface area contributed by atoms with Gasteiger partial charge in [0.25, 0.3) is 5.89 Å². The van der Waals surface area contributed by atoms with E-state index in [4.69, 9.17) is 4.52 Å². The van der Waals surface area contributed by atoms with E-state index in [2.05, 4.69) is 25.1 Å². The molecule has 1 N–H and O–H groups in total. The summed E-state index contributed by atoms with van der Waals surface area (Å²) >= 11 is 0. The number of halogens is 3. The van der Waals surface area contributed by atoms with Gasteiger partial charge >= 0.3 is 6.36 Å². The average molecular weight is 354 g/mol. The lowest BCUT2D eigenvalue weighted by molar-refractivity contribution is -0.274. The van der Waals surface area contributed by atoms with Crippen molar-refractivity contribution < 1.29 is 22.4 Å². The highest BCUT2D eigenvalue weighted by atomic mass is 19.4. The van der Waals surface area contributed by atoms with Crippen molar-refractivity contribution in [2.45, 2.75) is 12.4 Å². The Balaban J connectivity index is 1.75. The Morgan fingerprint density at radius 3 is 2.88 bits per heavy atom. The van der Waals surface area contributed by atoms with Gasteiger partial charge < -0.3 is 14.6 Å². The minimum atomic E-state index is -4.75. The lowest BCUT2D eigenvalue weighted by atomic mass is 10.2. The topological polar surface area (TPSA) is 63.4 Å². The number of ether oxygens (including phenoxy) is 1. The summed E-state index contributed by atoms with van der Waals surface area (Å²) in [5, 5.41) is 7.21. The van der Waals surface area contributed by atoms with Crippen molar-refractivity contribution in [3.05, 3.63) is 41.5 Å². The second-order valence-electron chi connectivity index (χ2n) is 5.61. The van der Waals surface area contributed by atoms with E-state index in [1.165, 1.54) is 30.4 Å². The number of rotatable bonds is 4. The van der Waals surface area contributed by atoms with Crippen molar-refractivity contribution in [1.82, 2.24) is 20.4 Å². The summed E-state index contributed by atoms with van der Waals surface area (Å²) < 4.78 is 46.5. The van der Waals surface area contributed by atoms with Gasteiger partial charge in [0.1, 0.15) is 5.75 Å². The van der Waals surface area contributed by atoms with Gasteiger partial charge in [-0.05, 0) is 19.2 Å². The normalized spacial score (nSPS) is 19.4. The predicted octanol–water partition coefficient (Wildman–Crippen LogP) is 2.71. The van der Waals surface area contributed by atoms with Crippen molar-refractivity contribution in [2.24, 2.45) is 0 Å². The van der Waals surface area contributed by atoms with E-state index in [0.29, 0.717) is 12.4 Å². The molecule has 0 radical (unpaired) electrons. The number of nitrogens with zero attached hydrogens (tertiary/aromatic N) is 3. The minimum absolute atomic E-state index is 0.000462. The Hall–Kier alpha value is -2.39. The largest absolute Gasteiger partial charge is 0.573 e. The number of hydrogen-bond acceptors (Lipinski definition) is 6. The molecule has 2 aromatic rings. The summed E-state index contributed by atoms with van der Waals surface area (Å²) in [5.41, 5.74) is 0.260. The standard InChI is InChI=1S/C16H17F3N4O2/c1-23-9-8-20-10-12(23)15-21-14(25-22-15)7-6-11-4-2-3-5-13(11)24-16(17,18)19/h2-7,12,20H,8-10H2,1H3/b7-6+. The van der Waals surface area contributed by atoms with Gasteiger partial charge in [-0.1, -0.05) is 23.4 Å². The number of benzene rings is 1. The molecule has 1 saturated heterocycles. The number of aromatic nitrogens is 2. The molecule has 0 aliphatic carbocycles. The average Bonchev–Trinajstić information content (AvgIpc) is 3.02. The summed E-state index contributed by atoms with van der Waals surface area (Å²) in [6.45, 7) is 2.47. The fourth-order valence-electron chi connectivity index (χ4n) is 2.54. The molecule has 0 bridgehead atoms. The monoisotopic (exact) mass is 354 g/mol. The molecule has 25 heavy (non-hydrogen) atoms. The molecule has 3 rings (SSSR count). The zero-order valence-electron chi connectivity index (χ0n) is 13.5. The van der Waals surface area contributed by atoms with Crippen LogP contribution in [0, 0.1) is 0 Å². The summed E-state index contributed by atoms with van der Waals surface area (Å²) in [6.07, 6.45) is -1.84. The van der Waals surface area contributed by atoms with E-state index >= 15 is 0 Å². The van der Waals surface area contributed by atoms with Crippen LogP contribution in [-0.4, -0.2) is 48.1 Å². The highest BCUT2D eigenvalue weighted by Gasteiger charge is 2.31. The van der Waals surface area contributed by atoms with Crippen LogP contribution in [-0.2, 0) is 0 Å². The van der Waals surface area contributed by atoms with Crippen LogP contribution in [0.1, 0.15) is 23.3 Å². The predicted molar refractivity (Wildman–Crippen MR) is 84.6 cm³/mol. The molecule has 1 atom stereocenters. The molecule has 0 amide bonds. The molecule has 1 aliphatic rings. The molecule has 0 saturated carbocycles. The zero-order valence-corrected chi connectivity index (χ0v) is 13.5. The number of nitrogens with one attached hydrogen (secondary N) is 1. The number of piperazine rings is 1. The van der Waals surface area contributed by atoms with Crippen molar-refractivity contribution >= 4 is 12.2 Å². The molecule has 2 heterocycles. The third kappa shape index (κ3) is 4.58. The van der Waals surface area contributed by atoms with Gasteiger partial charge in [0.15, 0.2) is 5.82 Å². The van der Waals surface area contributed by atoms with E-state index < -0.39 is 6.36 Å². The molecule has 6 nitrogen and oxygen atoms in total. The van der Waals surface area contributed by atoms with Crippen LogP contribution in [0.5, 0.6) is 5.75 Å². The molecule has 134 valence electrons. The molecule has 1 aromatic carbocycles. The highest BCUT2D eigenvalue weighted by molar-refractivity contribution is 5.69. The maximum atomic E-state index is 12.4. The summed E-state index contributed by atoms with van der Waals surface area (Å²) in [7, 11) is 1.97. The van der Waals surface area contributed by atoms with Gasteiger partial charge in [0.05, 0.1) is 6.04 Å². The maximum Gasteiger partial charge on any atom is 0.573 e. The van der Waals surface area contributed by atoms with E-state index in [1.54, 1.807) is 6.07 Å². The third-order valence-corrected chi connectivity index (χ3v) is 3.82. The van der Waals surface area contributed by atoms with Crippen LogP contribution < -0.4 is 10.1 Å². The Morgan fingerprint density at radius 1 is 1.32 bits per heavy atom. The first-order chi connectivity index (χ1) is 11.9. The number of alkyl halides is 3. The first kappa shape index (κ1) is 17.4. The lowest BCUT2D eigenvalue weighted by Crippen LogP contribution is -2.44.